The molecular formula is C23H25Cl2FN2O4. The highest BCUT2D eigenvalue weighted by Crippen LogP contribution is 2.31. The Balaban J connectivity index is 1.43. The van der Waals surface area contributed by atoms with Gasteiger partial charge in [-0.2, -0.15) is 0 Å². The number of carbonyl (C=O) groups is 2. The van der Waals surface area contributed by atoms with Gasteiger partial charge in [-0.1, -0.05) is 41.4 Å². The lowest BCUT2D eigenvalue weighted by molar-refractivity contribution is -0.135. The van der Waals surface area contributed by atoms with Crippen molar-refractivity contribution in [2.75, 3.05) is 26.2 Å². The number of ether oxygens (including phenoxy) is 1. The molecule has 1 fully saturated rings. The maximum atomic E-state index is 13.0. The Kier molecular flexibility index (Phi) is 8.73. The first-order valence-electron chi connectivity index (χ1n) is 10.4. The number of benzene rings is 2. The van der Waals surface area contributed by atoms with Crippen molar-refractivity contribution in [3.63, 3.8) is 0 Å². The zero-order valence-electron chi connectivity index (χ0n) is 17.4. The fourth-order valence-corrected chi connectivity index (χ4v) is 3.86. The zero-order chi connectivity index (χ0) is 23.1. The van der Waals surface area contributed by atoms with E-state index in [0.717, 1.165) is 5.56 Å². The second kappa shape index (κ2) is 11.5. The number of hydrogen-bond acceptors (Lipinski definition) is 4. The molecule has 1 aliphatic heterocycles. The molecule has 0 aliphatic carbocycles. The number of rotatable bonds is 8. The number of piperidine rings is 1. The predicted octanol–water partition coefficient (Wildman–Crippen LogP) is 3.47. The van der Waals surface area contributed by atoms with Gasteiger partial charge < -0.3 is 20.1 Å². The molecular weight excluding hydrogens is 458 g/mol. The first-order valence-corrected chi connectivity index (χ1v) is 11.1. The highest BCUT2D eigenvalue weighted by Gasteiger charge is 2.28. The van der Waals surface area contributed by atoms with E-state index in [2.05, 4.69) is 5.32 Å². The summed E-state index contributed by atoms with van der Waals surface area (Å²) < 4.78 is 18.5. The lowest BCUT2D eigenvalue weighted by atomic mass is 9.96. The fraction of sp³-hybridized carbons (Fsp3) is 0.391. The molecule has 2 amide bonds. The molecule has 1 aliphatic rings. The molecule has 32 heavy (non-hydrogen) atoms. The van der Waals surface area contributed by atoms with Crippen LogP contribution < -0.4 is 10.1 Å². The minimum atomic E-state index is -0.936. The Morgan fingerprint density at radius 3 is 2.72 bits per heavy atom. The molecule has 1 saturated heterocycles. The number of amides is 2. The van der Waals surface area contributed by atoms with Gasteiger partial charge in [0.2, 0.25) is 11.8 Å². The van der Waals surface area contributed by atoms with Crippen LogP contribution in [0.1, 0.15) is 18.4 Å². The summed E-state index contributed by atoms with van der Waals surface area (Å²) in [5.41, 5.74) is 0.728. The van der Waals surface area contributed by atoms with E-state index in [4.69, 9.17) is 27.9 Å². The van der Waals surface area contributed by atoms with Gasteiger partial charge >= 0.3 is 0 Å². The number of likely N-dealkylation sites (tertiary alicyclic amines) is 1. The van der Waals surface area contributed by atoms with Crippen molar-refractivity contribution in [3.8, 4) is 5.75 Å². The molecule has 0 spiro atoms. The molecule has 2 unspecified atom stereocenters. The number of halogens is 3. The molecule has 2 N–H and O–H groups in total. The number of nitrogens with one attached hydrogen (secondary N) is 1. The van der Waals surface area contributed by atoms with Crippen LogP contribution in [0, 0.1) is 11.7 Å². The normalized spacial score (nSPS) is 17.0. The van der Waals surface area contributed by atoms with Gasteiger partial charge in [-0.05, 0) is 42.7 Å². The van der Waals surface area contributed by atoms with Crippen molar-refractivity contribution in [1.29, 1.82) is 0 Å². The van der Waals surface area contributed by atoms with Crippen LogP contribution in [0.2, 0.25) is 10.0 Å². The zero-order valence-corrected chi connectivity index (χ0v) is 18.9. The van der Waals surface area contributed by atoms with Gasteiger partial charge in [0.15, 0.2) is 0 Å². The van der Waals surface area contributed by atoms with Crippen LogP contribution in [-0.2, 0) is 16.0 Å². The molecule has 9 heteroatoms. The Morgan fingerprint density at radius 2 is 1.97 bits per heavy atom. The monoisotopic (exact) mass is 482 g/mol. The van der Waals surface area contributed by atoms with Crippen LogP contribution >= 0.6 is 23.2 Å². The van der Waals surface area contributed by atoms with Gasteiger partial charge in [-0.15, -0.1) is 0 Å². The van der Waals surface area contributed by atoms with Gasteiger partial charge in [0, 0.05) is 19.6 Å². The van der Waals surface area contributed by atoms with Crippen LogP contribution in [-0.4, -0.2) is 54.2 Å². The van der Waals surface area contributed by atoms with Crippen molar-refractivity contribution >= 4 is 35.0 Å². The molecule has 0 radical (unpaired) electrons. The molecule has 0 aromatic heterocycles. The molecule has 2 atom stereocenters. The van der Waals surface area contributed by atoms with Gasteiger partial charge in [0.05, 0.1) is 17.4 Å². The Hall–Kier alpha value is -2.35. The number of hydrogen-bond donors (Lipinski definition) is 2. The lowest BCUT2D eigenvalue weighted by Gasteiger charge is -2.32. The Bertz CT molecular complexity index is 942. The molecule has 1 heterocycles. The fourth-order valence-electron chi connectivity index (χ4n) is 3.51. The van der Waals surface area contributed by atoms with Gasteiger partial charge in [-0.3, -0.25) is 9.59 Å². The molecule has 6 nitrogen and oxygen atoms in total. The molecule has 2 aromatic rings. The van der Waals surface area contributed by atoms with Crippen LogP contribution in [0.25, 0.3) is 0 Å². The van der Waals surface area contributed by atoms with Crippen molar-refractivity contribution in [2.45, 2.75) is 25.4 Å². The summed E-state index contributed by atoms with van der Waals surface area (Å²) in [6.07, 6.45) is 0.605. The Labute approximate surface area is 196 Å². The van der Waals surface area contributed by atoms with Crippen molar-refractivity contribution in [3.05, 3.63) is 63.9 Å². The molecule has 0 saturated carbocycles. The van der Waals surface area contributed by atoms with Crippen LogP contribution in [0.4, 0.5) is 4.39 Å². The van der Waals surface area contributed by atoms with E-state index in [9.17, 15) is 19.1 Å². The van der Waals surface area contributed by atoms with E-state index in [-0.39, 0.29) is 48.1 Å². The lowest BCUT2D eigenvalue weighted by Crippen LogP contribution is -2.47. The van der Waals surface area contributed by atoms with Crippen molar-refractivity contribution in [1.82, 2.24) is 10.2 Å². The summed E-state index contributed by atoms with van der Waals surface area (Å²) >= 11 is 12.0. The predicted molar refractivity (Wildman–Crippen MR) is 120 cm³/mol. The summed E-state index contributed by atoms with van der Waals surface area (Å²) in [4.78, 5) is 26.8. The van der Waals surface area contributed by atoms with Crippen LogP contribution in [0.5, 0.6) is 5.75 Å². The van der Waals surface area contributed by atoms with Gasteiger partial charge in [0.1, 0.15) is 29.3 Å². The highest BCUT2D eigenvalue weighted by molar-refractivity contribution is 6.42. The largest absolute Gasteiger partial charge is 0.489 e. The average molecular weight is 483 g/mol. The summed E-state index contributed by atoms with van der Waals surface area (Å²) in [7, 11) is 0. The van der Waals surface area contributed by atoms with Gasteiger partial charge in [-0.25, -0.2) is 4.39 Å². The third-order valence-corrected chi connectivity index (χ3v) is 6.07. The van der Waals surface area contributed by atoms with E-state index in [0.29, 0.717) is 36.7 Å². The van der Waals surface area contributed by atoms with Crippen molar-refractivity contribution < 1.29 is 23.8 Å². The third kappa shape index (κ3) is 6.82. The first-order chi connectivity index (χ1) is 15.3. The topological polar surface area (TPSA) is 78.9 Å². The number of aliphatic hydroxyl groups excluding tert-OH is 1. The second-order valence-electron chi connectivity index (χ2n) is 7.74. The standard InChI is InChI=1S/C23H25Cl2FN2O4/c24-19-4-1-5-20(22(19)25)32-14-18(29)12-27-23(31)16-3-2-10-28(13-16)21(30)11-15-6-8-17(26)9-7-15/h1,4-9,16,18,29H,2-3,10-14H2,(H,27,31). The number of carbonyl (C=O) groups excluding carboxylic acids is 2. The molecule has 2 aromatic carbocycles. The van der Waals surface area contributed by atoms with Crippen molar-refractivity contribution in [2.24, 2.45) is 5.92 Å². The van der Waals surface area contributed by atoms with E-state index < -0.39 is 6.10 Å². The number of nitrogens with zero attached hydrogens (tertiary/aromatic N) is 1. The van der Waals surface area contributed by atoms with E-state index in [1.54, 1.807) is 35.2 Å². The Morgan fingerprint density at radius 1 is 1.22 bits per heavy atom. The molecule has 172 valence electrons. The van der Waals surface area contributed by atoms with Crippen LogP contribution in [0.3, 0.4) is 0 Å². The summed E-state index contributed by atoms with van der Waals surface area (Å²) in [5, 5.41) is 13.5. The summed E-state index contributed by atoms with van der Waals surface area (Å²) in [5.74, 6) is -0.659. The minimum absolute atomic E-state index is 0.0110. The van der Waals surface area contributed by atoms with Crippen LogP contribution in [0.15, 0.2) is 42.5 Å². The first kappa shape index (κ1) is 24.3. The maximum absolute atomic E-state index is 13.0. The quantitative estimate of drug-likeness (QED) is 0.603. The summed E-state index contributed by atoms with van der Waals surface area (Å²) in [6.45, 7) is 0.849. The SMILES string of the molecule is O=C(NCC(O)COc1cccc(Cl)c1Cl)C1CCCN(C(=O)Cc2ccc(F)cc2)C1. The minimum Gasteiger partial charge on any atom is -0.489 e. The third-order valence-electron chi connectivity index (χ3n) is 5.27. The smallest absolute Gasteiger partial charge is 0.227 e. The van der Waals surface area contributed by atoms with E-state index >= 15 is 0 Å². The number of aliphatic hydroxyl groups is 1. The molecule has 3 rings (SSSR count). The van der Waals surface area contributed by atoms with E-state index in [1.807, 2.05) is 0 Å². The van der Waals surface area contributed by atoms with E-state index in [1.165, 1.54) is 12.1 Å². The second-order valence-corrected chi connectivity index (χ2v) is 8.53. The maximum Gasteiger partial charge on any atom is 0.227 e. The van der Waals surface area contributed by atoms with Gasteiger partial charge in [0.25, 0.3) is 0 Å². The highest BCUT2D eigenvalue weighted by atomic mass is 35.5. The average Bonchev–Trinajstić information content (AvgIpc) is 2.80. The molecule has 0 bridgehead atoms. The summed E-state index contributed by atoms with van der Waals surface area (Å²) in [6, 6.07) is 10.8.